The highest BCUT2D eigenvalue weighted by Crippen LogP contribution is 2.42. The van der Waals surface area contributed by atoms with Crippen LogP contribution in [0.5, 0.6) is 23.0 Å². The maximum Gasteiger partial charge on any atom is 0.229 e. The first kappa shape index (κ1) is 31.9. The monoisotopic (exact) mass is 622 g/mol. The summed E-state index contributed by atoms with van der Waals surface area (Å²) in [6, 6.07) is 8.72. The molecular formula is C29H34O15. The Morgan fingerprint density at radius 2 is 1.45 bits per heavy atom. The average Bonchev–Trinajstić information content (AvgIpc) is 3.01. The third kappa shape index (κ3) is 5.93. The van der Waals surface area contributed by atoms with E-state index in [4.69, 9.17) is 32.8 Å². The van der Waals surface area contributed by atoms with Crippen LogP contribution in [0.25, 0.3) is 22.3 Å². The second-order valence-corrected chi connectivity index (χ2v) is 10.5. The number of aromatic hydroxyl groups is 1. The second-order valence-electron chi connectivity index (χ2n) is 10.5. The Kier molecular flexibility index (Phi) is 9.31. The first-order valence-corrected chi connectivity index (χ1v) is 13.6. The maximum absolute atomic E-state index is 12.8. The van der Waals surface area contributed by atoms with Crippen molar-refractivity contribution in [3.63, 3.8) is 0 Å². The van der Waals surface area contributed by atoms with Gasteiger partial charge in [0.2, 0.25) is 12.0 Å². The van der Waals surface area contributed by atoms with Gasteiger partial charge in [0.05, 0.1) is 26.9 Å². The number of phenolic OH excluding ortho intramolecular Hbond substituents is 1. The molecule has 7 N–H and O–H groups in total. The molecule has 2 aliphatic rings. The summed E-state index contributed by atoms with van der Waals surface area (Å²) in [5.41, 5.74) is 0.00435. The van der Waals surface area contributed by atoms with Crippen LogP contribution in [0.15, 0.2) is 45.6 Å². The fourth-order valence-corrected chi connectivity index (χ4v) is 5.08. The summed E-state index contributed by atoms with van der Waals surface area (Å²) in [6.45, 7) is 1.04. The maximum atomic E-state index is 12.8. The van der Waals surface area contributed by atoms with Crippen LogP contribution in [-0.2, 0) is 14.2 Å². The SMILES string of the molecule is COc1cc2oc(-c3ccc(OC4OC(COC5OC(C)C(O)C(O)C5O)C(O)C(O)C4O)cc3)cc(=O)c2c(O)c1OC. The van der Waals surface area contributed by atoms with E-state index >= 15 is 0 Å². The van der Waals surface area contributed by atoms with Crippen LogP contribution >= 0.6 is 0 Å². The summed E-state index contributed by atoms with van der Waals surface area (Å²) in [5, 5.41) is 71.8. The number of benzene rings is 2. The number of hydrogen-bond acceptors (Lipinski definition) is 15. The van der Waals surface area contributed by atoms with Crippen molar-refractivity contribution in [2.24, 2.45) is 0 Å². The Balaban J connectivity index is 1.29. The topological polar surface area (TPSA) is 227 Å². The molecule has 2 aromatic carbocycles. The van der Waals surface area contributed by atoms with E-state index in [-0.39, 0.29) is 34.0 Å². The molecule has 2 aliphatic heterocycles. The summed E-state index contributed by atoms with van der Waals surface area (Å²) in [7, 11) is 2.70. The van der Waals surface area contributed by atoms with Crippen molar-refractivity contribution in [3.05, 3.63) is 46.6 Å². The molecule has 15 nitrogen and oxygen atoms in total. The Morgan fingerprint density at radius 1 is 0.795 bits per heavy atom. The Labute approximate surface area is 249 Å². The standard InChI is InChI=1S/C29H34O15/c1-11-20(31)23(34)25(36)28(41-11)40-10-18-21(32)24(35)26(37)29(44-18)42-13-6-4-12(5-7-13)15-8-14(30)19-16(43-15)9-17(38-2)27(39-3)22(19)33/h4-9,11,18,20-21,23-26,28-29,31-37H,10H2,1-3H3. The molecule has 10 atom stereocenters. The Bertz CT molecular complexity index is 1510. The molecule has 0 spiro atoms. The van der Waals surface area contributed by atoms with Gasteiger partial charge < -0.3 is 68.6 Å². The number of fused-ring (bicyclic) bond motifs is 1. The van der Waals surface area contributed by atoms with Crippen molar-refractivity contribution in [3.8, 4) is 34.3 Å². The van der Waals surface area contributed by atoms with Crippen LogP contribution in [0, 0.1) is 0 Å². The lowest BCUT2D eigenvalue weighted by atomic mass is 9.98. The summed E-state index contributed by atoms with van der Waals surface area (Å²) >= 11 is 0. The zero-order chi connectivity index (χ0) is 31.9. The van der Waals surface area contributed by atoms with E-state index in [2.05, 4.69) is 0 Å². The van der Waals surface area contributed by atoms with Crippen molar-refractivity contribution in [2.45, 2.75) is 68.3 Å². The normalized spacial score (nSPS) is 32.4. The van der Waals surface area contributed by atoms with Gasteiger partial charge in [-0.1, -0.05) is 0 Å². The molecule has 0 saturated carbocycles. The van der Waals surface area contributed by atoms with Crippen LogP contribution in [-0.4, -0.2) is 118 Å². The molecule has 240 valence electrons. The van der Waals surface area contributed by atoms with Crippen molar-refractivity contribution < 1.29 is 68.6 Å². The molecule has 10 unspecified atom stereocenters. The first-order chi connectivity index (χ1) is 20.9. The zero-order valence-electron chi connectivity index (χ0n) is 23.8. The number of phenols is 1. The average molecular weight is 623 g/mol. The van der Waals surface area contributed by atoms with Crippen molar-refractivity contribution in [1.82, 2.24) is 0 Å². The Morgan fingerprint density at radius 3 is 2.11 bits per heavy atom. The summed E-state index contributed by atoms with van der Waals surface area (Å²) < 4.78 is 38.4. The van der Waals surface area contributed by atoms with E-state index in [1.807, 2.05) is 0 Å². The molecule has 0 amide bonds. The molecule has 3 heterocycles. The fourth-order valence-electron chi connectivity index (χ4n) is 5.08. The second kappa shape index (κ2) is 12.8. The number of aliphatic hydroxyl groups excluding tert-OH is 6. The van der Waals surface area contributed by atoms with E-state index in [0.29, 0.717) is 5.56 Å². The minimum Gasteiger partial charge on any atom is -0.504 e. The van der Waals surface area contributed by atoms with Gasteiger partial charge in [0.15, 0.2) is 23.2 Å². The van der Waals surface area contributed by atoms with Crippen molar-refractivity contribution >= 4 is 11.0 Å². The highest BCUT2D eigenvalue weighted by Gasteiger charge is 2.47. The van der Waals surface area contributed by atoms with Gasteiger partial charge >= 0.3 is 0 Å². The molecule has 44 heavy (non-hydrogen) atoms. The van der Waals surface area contributed by atoms with Gasteiger partial charge in [-0.05, 0) is 31.2 Å². The third-order valence-electron chi connectivity index (χ3n) is 7.63. The van der Waals surface area contributed by atoms with Crippen molar-refractivity contribution in [2.75, 3.05) is 20.8 Å². The van der Waals surface area contributed by atoms with Gasteiger partial charge in [0.1, 0.15) is 65.2 Å². The largest absolute Gasteiger partial charge is 0.504 e. The number of hydrogen-bond donors (Lipinski definition) is 7. The molecule has 1 aromatic heterocycles. The smallest absolute Gasteiger partial charge is 0.229 e. The van der Waals surface area contributed by atoms with Gasteiger partial charge in [0, 0.05) is 17.7 Å². The van der Waals surface area contributed by atoms with E-state index in [9.17, 15) is 40.5 Å². The zero-order valence-corrected chi connectivity index (χ0v) is 23.8. The highest BCUT2D eigenvalue weighted by molar-refractivity contribution is 5.89. The van der Waals surface area contributed by atoms with Gasteiger partial charge in [0.25, 0.3) is 0 Å². The fraction of sp³-hybridized carbons (Fsp3) is 0.483. The number of aliphatic hydroxyl groups is 6. The molecule has 0 aliphatic carbocycles. The number of ether oxygens (including phenoxy) is 6. The summed E-state index contributed by atoms with van der Waals surface area (Å²) in [4.78, 5) is 12.8. The van der Waals surface area contributed by atoms with Crippen LogP contribution in [0.4, 0.5) is 0 Å². The summed E-state index contributed by atoms with van der Waals surface area (Å²) in [5.74, 6) is 0.0984. The number of methoxy groups -OCH3 is 2. The van der Waals surface area contributed by atoms with Crippen molar-refractivity contribution in [1.29, 1.82) is 0 Å². The highest BCUT2D eigenvalue weighted by atomic mass is 16.7. The van der Waals surface area contributed by atoms with Gasteiger partial charge in [-0.15, -0.1) is 0 Å². The molecule has 0 bridgehead atoms. The van der Waals surface area contributed by atoms with Gasteiger partial charge in [-0.2, -0.15) is 0 Å². The van der Waals surface area contributed by atoms with Crippen LogP contribution in [0.3, 0.4) is 0 Å². The molecule has 15 heteroatoms. The van der Waals surface area contributed by atoms with E-state index in [0.717, 1.165) is 0 Å². The van der Waals surface area contributed by atoms with E-state index < -0.39 is 79.2 Å². The minimum absolute atomic E-state index is 0.00624. The van der Waals surface area contributed by atoms with Crippen LogP contribution < -0.4 is 19.6 Å². The van der Waals surface area contributed by atoms with Crippen LogP contribution in [0.2, 0.25) is 0 Å². The lowest BCUT2D eigenvalue weighted by Crippen LogP contribution is -2.61. The van der Waals surface area contributed by atoms with Gasteiger partial charge in [-0.3, -0.25) is 4.79 Å². The predicted octanol–water partition coefficient (Wildman–Crippen LogP) is -0.787. The van der Waals surface area contributed by atoms with E-state index in [1.165, 1.54) is 45.4 Å². The molecule has 2 saturated heterocycles. The number of rotatable bonds is 8. The van der Waals surface area contributed by atoms with E-state index in [1.54, 1.807) is 12.1 Å². The molecule has 2 fully saturated rings. The van der Waals surface area contributed by atoms with Gasteiger partial charge in [-0.25, -0.2) is 0 Å². The summed E-state index contributed by atoms with van der Waals surface area (Å²) in [6.07, 6.45) is -14.3. The first-order valence-electron chi connectivity index (χ1n) is 13.6. The predicted molar refractivity (Wildman–Crippen MR) is 148 cm³/mol. The lowest BCUT2D eigenvalue weighted by Gasteiger charge is -2.42. The minimum atomic E-state index is -1.69. The molecule has 3 aromatic rings. The quantitative estimate of drug-likeness (QED) is 0.163. The lowest BCUT2D eigenvalue weighted by molar-refractivity contribution is -0.318. The third-order valence-corrected chi connectivity index (χ3v) is 7.63. The molecule has 0 radical (unpaired) electrons. The van der Waals surface area contributed by atoms with Crippen LogP contribution in [0.1, 0.15) is 6.92 Å². The molecule has 5 rings (SSSR count). The Hall–Kier alpha value is -3.51. The molecular weight excluding hydrogens is 588 g/mol.